The molecule has 0 aromatic carbocycles. The van der Waals surface area contributed by atoms with Gasteiger partial charge in [0, 0.05) is 24.5 Å². The van der Waals surface area contributed by atoms with Crippen LogP contribution in [0.2, 0.25) is 0 Å². The monoisotopic (exact) mass is 299 g/mol. The summed E-state index contributed by atoms with van der Waals surface area (Å²) in [6, 6.07) is 0. The number of aliphatic hydroxyl groups is 1. The first-order chi connectivity index (χ1) is 9.82. The molecule has 0 saturated heterocycles. The number of rotatable bonds is 12. The number of unbranched alkanes of at least 4 members (excludes halogenated alkanes) is 2. The fourth-order valence-corrected chi connectivity index (χ4v) is 2.40. The molecule has 3 heteroatoms. The molecule has 0 fully saturated rings. The first kappa shape index (κ1) is 20.4. The van der Waals surface area contributed by atoms with Crippen molar-refractivity contribution in [1.82, 2.24) is 5.32 Å². The Bertz CT molecular complexity index is 274. The lowest BCUT2D eigenvalue weighted by Gasteiger charge is -2.24. The zero-order chi connectivity index (χ0) is 16.3. The molecule has 0 aromatic heterocycles. The van der Waals surface area contributed by atoms with Crippen LogP contribution < -0.4 is 5.32 Å². The van der Waals surface area contributed by atoms with E-state index in [-0.39, 0.29) is 23.8 Å². The normalized spacial score (nSPS) is 13.5. The van der Waals surface area contributed by atoms with Crippen molar-refractivity contribution in [2.24, 2.45) is 17.3 Å². The molecule has 21 heavy (non-hydrogen) atoms. The van der Waals surface area contributed by atoms with E-state index in [0.717, 1.165) is 31.6 Å². The van der Waals surface area contributed by atoms with Crippen molar-refractivity contribution in [2.75, 3.05) is 13.2 Å². The minimum Gasteiger partial charge on any atom is -0.396 e. The molecule has 1 atom stereocenters. The van der Waals surface area contributed by atoms with E-state index in [4.69, 9.17) is 0 Å². The van der Waals surface area contributed by atoms with Gasteiger partial charge in [-0.3, -0.25) is 4.79 Å². The van der Waals surface area contributed by atoms with Gasteiger partial charge in [0.25, 0.3) is 0 Å². The Kier molecular flexibility index (Phi) is 10.8. The third-order valence-corrected chi connectivity index (χ3v) is 4.01. The van der Waals surface area contributed by atoms with Crippen LogP contribution in [0.4, 0.5) is 0 Å². The van der Waals surface area contributed by atoms with Gasteiger partial charge in [0.1, 0.15) is 0 Å². The second kappa shape index (κ2) is 11.1. The summed E-state index contributed by atoms with van der Waals surface area (Å²) < 4.78 is 0. The van der Waals surface area contributed by atoms with Crippen molar-refractivity contribution in [2.45, 2.75) is 79.6 Å². The van der Waals surface area contributed by atoms with Gasteiger partial charge in [0.2, 0.25) is 5.91 Å². The zero-order valence-electron chi connectivity index (χ0n) is 14.9. The number of hydrogen-bond donors (Lipinski definition) is 2. The molecule has 2 N–H and O–H groups in total. The van der Waals surface area contributed by atoms with Gasteiger partial charge in [-0.15, -0.1) is 0 Å². The Labute approximate surface area is 131 Å². The molecule has 0 heterocycles. The first-order valence-corrected chi connectivity index (χ1v) is 8.71. The van der Waals surface area contributed by atoms with Crippen molar-refractivity contribution < 1.29 is 9.90 Å². The van der Waals surface area contributed by atoms with Crippen molar-refractivity contribution in [1.29, 1.82) is 0 Å². The Balaban J connectivity index is 4.06. The summed E-state index contributed by atoms with van der Waals surface area (Å²) in [5.41, 5.74) is -0.232. The van der Waals surface area contributed by atoms with E-state index in [1.165, 1.54) is 19.3 Å². The smallest absolute Gasteiger partial charge is 0.223 e. The molecule has 1 amide bonds. The van der Waals surface area contributed by atoms with Crippen LogP contribution in [0.15, 0.2) is 0 Å². The van der Waals surface area contributed by atoms with E-state index in [0.29, 0.717) is 6.54 Å². The summed E-state index contributed by atoms with van der Waals surface area (Å²) >= 11 is 0. The van der Waals surface area contributed by atoms with E-state index < -0.39 is 0 Å². The lowest BCUT2D eigenvalue weighted by molar-refractivity contribution is -0.126. The minimum absolute atomic E-state index is 0.0981. The lowest BCUT2D eigenvalue weighted by Crippen LogP contribution is -2.39. The Morgan fingerprint density at radius 1 is 1.10 bits per heavy atom. The number of amides is 1. The highest BCUT2D eigenvalue weighted by Gasteiger charge is 2.21. The average molecular weight is 299 g/mol. The summed E-state index contributed by atoms with van der Waals surface area (Å²) in [6.07, 6.45) is 7.95. The molecule has 0 spiro atoms. The highest BCUT2D eigenvalue weighted by Crippen LogP contribution is 2.19. The highest BCUT2D eigenvalue weighted by molar-refractivity contribution is 5.78. The zero-order valence-corrected chi connectivity index (χ0v) is 14.9. The lowest BCUT2D eigenvalue weighted by atomic mass is 9.92. The molecule has 0 aromatic rings. The molecule has 0 saturated carbocycles. The van der Waals surface area contributed by atoms with E-state index in [9.17, 15) is 9.90 Å². The van der Waals surface area contributed by atoms with E-state index in [2.05, 4.69) is 26.1 Å². The van der Waals surface area contributed by atoms with Crippen LogP contribution in [0.3, 0.4) is 0 Å². The predicted octanol–water partition coefficient (Wildman–Crippen LogP) is 4.14. The SMILES string of the molecule is CCCC(CCCCCC(C)C)C(=O)NCC(C)(C)CO. The number of nitrogens with one attached hydrogen (secondary N) is 1. The second-order valence-electron chi connectivity index (χ2n) is 7.56. The fraction of sp³-hybridized carbons (Fsp3) is 0.944. The quantitative estimate of drug-likeness (QED) is 0.532. The molecule has 0 aliphatic carbocycles. The van der Waals surface area contributed by atoms with Crippen molar-refractivity contribution in [3.8, 4) is 0 Å². The summed E-state index contributed by atoms with van der Waals surface area (Å²) in [5, 5.41) is 12.3. The van der Waals surface area contributed by atoms with Gasteiger partial charge < -0.3 is 10.4 Å². The van der Waals surface area contributed by atoms with Crippen LogP contribution in [-0.4, -0.2) is 24.2 Å². The van der Waals surface area contributed by atoms with Crippen LogP contribution in [-0.2, 0) is 4.79 Å². The molecule has 126 valence electrons. The molecule has 0 aliphatic heterocycles. The van der Waals surface area contributed by atoms with E-state index in [1.807, 2.05) is 13.8 Å². The van der Waals surface area contributed by atoms with Crippen LogP contribution in [0, 0.1) is 17.3 Å². The molecule has 1 unspecified atom stereocenters. The molecule has 0 rings (SSSR count). The van der Waals surface area contributed by atoms with Gasteiger partial charge in [-0.25, -0.2) is 0 Å². The molecular formula is C18H37NO2. The van der Waals surface area contributed by atoms with E-state index in [1.54, 1.807) is 0 Å². The second-order valence-corrected chi connectivity index (χ2v) is 7.56. The molecule has 0 bridgehead atoms. The number of aliphatic hydroxyl groups excluding tert-OH is 1. The molecule has 0 aliphatic rings. The third kappa shape index (κ3) is 10.8. The van der Waals surface area contributed by atoms with Gasteiger partial charge >= 0.3 is 0 Å². The Morgan fingerprint density at radius 2 is 1.71 bits per heavy atom. The maximum absolute atomic E-state index is 12.3. The van der Waals surface area contributed by atoms with Gasteiger partial charge in [0.15, 0.2) is 0 Å². The molecule has 3 nitrogen and oxygen atoms in total. The van der Waals surface area contributed by atoms with Crippen molar-refractivity contribution in [3.05, 3.63) is 0 Å². The Morgan fingerprint density at radius 3 is 2.24 bits per heavy atom. The van der Waals surface area contributed by atoms with Crippen molar-refractivity contribution in [3.63, 3.8) is 0 Å². The summed E-state index contributed by atoms with van der Waals surface area (Å²) in [7, 11) is 0. The topological polar surface area (TPSA) is 49.3 Å². The summed E-state index contributed by atoms with van der Waals surface area (Å²) in [4.78, 5) is 12.3. The van der Waals surface area contributed by atoms with Gasteiger partial charge in [-0.2, -0.15) is 0 Å². The summed E-state index contributed by atoms with van der Waals surface area (Å²) in [5.74, 6) is 1.09. The van der Waals surface area contributed by atoms with Crippen LogP contribution in [0.25, 0.3) is 0 Å². The fourth-order valence-electron chi connectivity index (χ4n) is 2.40. The van der Waals surface area contributed by atoms with Crippen LogP contribution in [0.1, 0.15) is 79.6 Å². The molecule has 0 radical (unpaired) electrons. The Hall–Kier alpha value is -0.570. The largest absolute Gasteiger partial charge is 0.396 e. The third-order valence-electron chi connectivity index (χ3n) is 4.01. The van der Waals surface area contributed by atoms with Gasteiger partial charge in [-0.1, -0.05) is 66.7 Å². The van der Waals surface area contributed by atoms with Crippen LogP contribution in [0.5, 0.6) is 0 Å². The van der Waals surface area contributed by atoms with Crippen molar-refractivity contribution >= 4 is 5.91 Å². The van der Waals surface area contributed by atoms with Gasteiger partial charge in [0.05, 0.1) is 0 Å². The number of carbonyl (C=O) groups is 1. The van der Waals surface area contributed by atoms with Crippen LogP contribution >= 0.6 is 0 Å². The number of hydrogen-bond acceptors (Lipinski definition) is 2. The van der Waals surface area contributed by atoms with E-state index >= 15 is 0 Å². The summed E-state index contributed by atoms with van der Waals surface area (Å²) in [6.45, 7) is 11.2. The predicted molar refractivity (Wildman–Crippen MR) is 90.2 cm³/mol. The number of carbonyl (C=O) groups excluding carboxylic acids is 1. The maximum Gasteiger partial charge on any atom is 0.223 e. The van der Waals surface area contributed by atoms with Gasteiger partial charge in [-0.05, 0) is 18.8 Å². The first-order valence-electron chi connectivity index (χ1n) is 8.71. The highest BCUT2D eigenvalue weighted by atomic mass is 16.3. The molecular weight excluding hydrogens is 262 g/mol. The standard InChI is InChI=1S/C18H37NO2/c1-6-10-16(12-9-7-8-11-15(2)3)17(21)19-13-18(4,5)14-20/h15-16,20H,6-14H2,1-5H3,(H,19,21). The average Bonchev–Trinajstić information content (AvgIpc) is 2.43. The maximum atomic E-state index is 12.3. The minimum atomic E-state index is -0.232.